The van der Waals surface area contributed by atoms with E-state index in [4.69, 9.17) is 14.6 Å². The molecule has 1 aliphatic heterocycles. The minimum atomic E-state index is -1.15. The fourth-order valence-corrected chi connectivity index (χ4v) is 2.21. The second kappa shape index (κ2) is 7.14. The van der Waals surface area contributed by atoms with Crippen LogP contribution in [0, 0.1) is 11.6 Å². The van der Waals surface area contributed by atoms with Gasteiger partial charge in [0, 0.05) is 11.6 Å². The molecule has 0 radical (unpaired) electrons. The van der Waals surface area contributed by atoms with Crippen LogP contribution in [0.2, 0.25) is 0 Å². The largest absolute Gasteiger partial charge is 0.481 e. The van der Waals surface area contributed by atoms with E-state index in [0.29, 0.717) is 11.6 Å². The number of rotatable bonds is 5. The molecule has 1 N–H and O–H groups in total. The van der Waals surface area contributed by atoms with Gasteiger partial charge in [0.05, 0.1) is 5.56 Å². The summed E-state index contributed by atoms with van der Waals surface area (Å²) in [6.07, 6.45) is 1.33. The van der Waals surface area contributed by atoms with Gasteiger partial charge in [-0.2, -0.15) is 0 Å². The van der Waals surface area contributed by atoms with E-state index < -0.39 is 30.2 Å². The van der Waals surface area contributed by atoms with Crippen molar-refractivity contribution in [3.63, 3.8) is 0 Å². The number of halogens is 2. The summed E-state index contributed by atoms with van der Waals surface area (Å²) >= 11 is 0. The summed E-state index contributed by atoms with van der Waals surface area (Å²) in [7, 11) is 0. The molecule has 0 aromatic heterocycles. The number of carboxylic acid groups (broad SMARTS) is 1. The normalized spacial score (nSPS) is 14.9. The standard InChI is InChI=1S/C18H11F2NO5/c19-11-5-6-12(13(20)8-11)17-21-14(18(24)26-17)7-10-3-1-2-4-15(10)25-9-16(22)23/h1-8H,9H2,(H,22,23)/b14-7-. The molecule has 1 heterocycles. The average molecular weight is 359 g/mol. The van der Waals surface area contributed by atoms with Gasteiger partial charge >= 0.3 is 11.9 Å². The van der Waals surface area contributed by atoms with Crippen LogP contribution in [0.15, 0.2) is 53.2 Å². The molecule has 2 aromatic rings. The zero-order valence-corrected chi connectivity index (χ0v) is 13.1. The number of carboxylic acids is 1. The van der Waals surface area contributed by atoms with Gasteiger partial charge < -0.3 is 14.6 Å². The van der Waals surface area contributed by atoms with Crippen LogP contribution >= 0.6 is 0 Å². The molecule has 132 valence electrons. The van der Waals surface area contributed by atoms with E-state index in [-0.39, 0.29) is 22.9 Å². The average Bonchev–Trinajstić information content (AvgIpc) is 2.94. The molecular weight excluding hydrogens is 348 g/mol. The van der Waals surface area contributed by atoms with Gasteiger partial charge in [0.15, 0.2) is 12.3 Å². The molecule has 0 aliphatic carbocycles. The number of cyclic esters (lactones) is 1. The van der Waals surface area contributed by atoms with Gasteiger partial charge in [-0.15, -0.1) is 0 Å². The summed E-state index contributed by atoms with van der Waals surface area (Å²) in [6.45, 7) is -0.556. The van der Waals surface area contributed by atoms with Gasteiger partial charge in [-0.05, 0) is 24.3 Å². The van der Waals surface area contributed by atoms with Crippen molar-refractivity contribution < 1.29 is 33.0 Å². The first kappa shape index (κ1) is 17.3. The lowest BCUT2D eigenvalue weighted by Gasteiger charge is -2.06. The van der Waals surface area contributed by atoms with E-state index in [2.05, 4.69) is 4.99 Å². The Bertz CT molecular complexity index is 952. The van der Waals surface area contributed by atoms with E-state index in [9.17, 15) is 18.4 Å². The molecule has 0 amide bonds. The molecule has 0 spiro atoms. The number of aliphatic carboxylic acids is 1. The predicted octanol–water partition coefficient (Wildman–Crippen LogP) is 2.77. The number of esters is 1. The maximum absolute atomic E-state index is 13.8. The Morgan fingerprint density at radius 1 is 1.23 bits per heavy atom. The SMILES string of the molecule is O=C(O)COc1ccccc1/C=C1\N=C(c2ccc(F)cc2F)OC1=O. The van der Waals surface area contributed by atoms with Crippen molar-refractivity contribution in [2.45, 2.75) is 0 Å². The molecule has 0 atom stereocenters. The Kier molecular flexibility index (Phi) is 4.74. The lowest BCUT2D eigenvalue weighted by atomic mass is 10.1. The van der Waals surface area contributed by atoms with Crippen LogP contribution in [0.3, 0.4) is 0 Å². The molecular formula is C18H11F2NO5. The third-order valence-corrected chi connectivity index (χ3v) is 3.34. The highest BCUT2D eigenvalue weighted by Crippen LogP contribution is 2.25. The highest BCUT2D eigenvalue weighted by atomic mass is 19.1. The van der Waals surface area contributed by atoms with Crippen LogP contribution in [0.5, 0.6) is 5.75 Å². The number of ether oxygens (including phenoxy) is 2. The molecule has 6 nitrogen and oxygen atoms in total. The van der Waals surface area contributed by atoms with E-state index in [1.54, 1.807) is 18.2 Å². The van der Waals surface area contributed by atoms with Crippen LogP contribution in [0.25, 0.3) is 6.08 Å². The summed E-state index contributed by atoms with van der Waals surface area (Å²) in [5.74, 6) is -3.72. The number of para-hydroxylation sites is 1. The summed E-state index contributed by atoms with van der Waals surface area (Å²) in [5, 5.41) is 8.70. The molecule has 8 heteroatoms. The molecule has 0 saturated heterocycles. The monoisotopic (exact) mass is 359 g/mol. The van der Waals surface area contributed by atoms with Gasteiger partial charge in [0.2, 0.25) is 5.90 Å². The first-order chi connectivity index (χ1) is 12.4. The Morgan fingerprint density at radius 3 is 2.73 bits per heavy atom. The Hall–Kier alpha value is -3.55. The van der Waals surface area contributed by atoms with Crippen LogP contribution in [0.1, 0.15) is 11.1 Å². The van der Waals surface area contributed by atoms with Crippen molar-refractivity contribution in [3.05, 3.63) is 70.9 Å². The van der Waals surface area contributed by atoms with Gasteiger partial charge in [-0.1, -0.05) is 18.2 Å². The van der Waals surface area contributed by atoms with E-state index in [1.807, 2.05) is 0 Å². The molecule has 26 heavy (non-hydrogen) atoms. The van der Waals surface area contributed by atoms with E-state index in [0.717, 1.165) is 12.1 Å². The minimum absolute atomic E-state index is 0.130. The van der Waals surface area contributed by atoms with Crippen molar-refractivity contribution >= 4 is 23.9 Å². The maximum Gasteiger partial charge on any atom is 0.363 e. The Balaban J connectivity index is 1.93. The highest BCUT2D eigenvalue weighted by Gasteiger charge is 2.26. The predicted molar refractivity (Wildman–Crippen MR) is 86.5 cm³/mol. The molecule has 0 unspecified atom stereocenters. The summed E-state index contributed by atoms with van der Waals surface area (Å²) < 4.78 is 36.9. The molecule has 3 rings (SSSR count). The second-order valence-electron chi connectivity index (χ2n) is 5.18. The number of hydrogen-bond donors (Lipinski definition) is 1. The van der Waals surface area contributed by atoms with E-state index >= 15 is 0 Å². The summed E-state index contributed by atoms with van der Waals surface area (Å²) in [4.78, 5) is 26.6. The van der Waals surface area contributed by atoms with Crippen molar-refractivity contribution in [3.8, 4) is 5.75 Å². The topological polar surface area (TPSA) is 85.2 Å². The van der Waals surface area contributed by atoms with Gasteiger partial charge in [0.25, 0.3) is 0 Å². The molecule has 0 fully saturated rings. The first-order valence-corrected chi connectivity index (χ1v) is 7.35. The zero-order chi connectivity index (χ0) is 18.7. The Morgan fingerprint density at radius 2 is 2.00 bits per heavy atom. The summed E-state index contributed by atoms with van der Waals surface area (Å²) in [5.41, 5.74) is 0.110. The van der Waals surface area contributed by atoms with Gasteiger partial charge in [-0.25, -0.2) is 23.4 Å². The van der Waals surface area contributed by atoms with Crippen molar-refractivity contribution in [2.24, 2.45) is 4.99 Å². The van der Waals surface area contributed by atoms with Crippen molar-refractivity contribution in [1.29, 1.82) is 0 Å². The fraction of sp³-hybridized carbons (Fsp3) is 0.0556. The van der Waals surface area contributed by atoms with Crippen molar-refractivity contribution in [2.75, 3.05) is 6.61 Å². The van der Waals surface area contributed by atoms with E-state index in [1.165, 1.54) is 12.1 Å². The maximum atomic E-state index is 13.8. The molecule has 1 aliphatic rings. The third-order valence-electron chi connectivity index (χ3n) is 3.34. The number of nitrogens with zero attached hydrogens (tertiary/aromatic N) is 1. The summed E-state index contributed by atoms with van der Waals surface area (Å²) in [6, 6.07) is 9.19. The van der Waals surface area contributed by atoms with Crippen LogP contribution in [0.4, 0.5) is 8.78 Å². The van der Waals surface area contributed by atoms with Crippen molar-refractivity contribution in [1.82, 2.24) is 0 Å². The third kappa shape index (κ3) is 3.75. The van der Waals surface area contributed by atoms with Crippen LogP contribution in [-0.2, 0) is 14.3 Å². The second-order valence-corrected chi connectivity index (χ2v) is 5.18. The minimum Gasteiger partial charge on any atom is -0.481 e. The zero-order valence-electron chi connectivity index (χ0n) is 13.1. The number of aliphatic imine (C=N–C) groups is 1. The molecule has 2 aromatic carbocycles. The molecule has 0 saturated carbocycles. The highest BCUT2D eigenvalue weighted by molar-refractivity contribution is 6.13. The number of carbonyl (C=O) groups is 2. The number of carbonyl (C=O) groups excluding carboxylic acids is 1. The number of hydrogen-bond acceptors (Lipinski definition) is 5. The van der Waals surface area contributed by atoms with Crippen LogP contribution < -0.4 is 4.74 Å². The number of benzene rings is 2. The quantitative estimate of drug-likeness (QED) is 0.655. The van der Waals surface area contributed by atoms with Gasteiger partial charge in [-0.3, -0.25) is 0 Å². The molecule has 0 bridgehead atoms. The smallest absolute Gasteiger partial charge is 0.363 e. The lowest BCUT2D eigenvalue weighted by Crippen LogP contribution is -2.10. The van der Waals surface area contributed by atoms with Gasteiger partial charge in [0.1, 0.15) is 17.4 Å². The first-order valence-electron chi connectivity index (χ1n) is 7.35. The Labute approximate surface area is 146 Å². The lowest BCUT2D eigenvalue weighted by molar-refractivity contribution is -0.139. The fourth-order valence-electron chi connectivity index (χ4n) is 2.21. The van der Waals surface area contributed by atoms with Crippen LogP contribution in [-0.4, -0.2) is 29.5 Å².